The highest BCUT2D eigenvalue weighted by Gasteiger charge is 2.20. The van der Waals surface area contributed by atoms with Crippen LogP contribution in [0, 0.1) is 5.92 Å². The third kappa shape index (κ3) is 3.41. The summed E-state index contributed by atoms with van der Waals surface area (Å²) >= 11 is 1.64. The third-order valence-corrected chi connectivity index (χ3v) is 3.93. The molecule has 92 valence electrons. The number of carbonyl (C=O) groups excluding carboxylic acids is 1. The predicted octanol–water partition coefficient (Wildman–Crippen LogP) is 1.96. The van der Waals surface area contributed by atoms with Gasteiger partial charge in [0.25, 0.3) is 0 Å². The molecule has 0 saturated carbocycles. The van der Waals surface area contributed by atoms with Crippen LogP contribution >= 0.6 is 11.3 Å². The monoisotopic (exact) mass is 250 g/mol. The van der Waals surface area contributed by atoms with E-state index in [4.69, 9.17) is 5.73 Å². The van der Waals surface area contributed by atoms with Crippen LogP contribution in [0.3, 0.4) is 0 Å². The third-order valence-electron chi connectivity index (χ3n) is 3.10. The molecule has 2 heterocycles. The van der Waals surface area contributed by atoms with E-state index in [0.717, 1.165) is 30.8 Å². The summed E-state index contributed by atoms with van der Waals surface area (Å²) in [6, 6.07) is 3.99. The zero-order chi connectivity index (χ0) is 12.1. The van der Waals surface area contributed by atoms with Crippen LogP contribution < -0.4 is 5.73 Å². The zero-order valence-electron chi connectivity index (χ0n) is 9.84. The van der Waals surface area contributed by atoms with Crippen molar-refractivity contribution in [1.82, 2.24) is 4.90 Å². The number of nitrogens with zero attached hydrogens (tertiary/aromatic N) is 1. The minimum Gasteiger partial charge on any atom is -0.339 e. The van der Waals surface area contributed by atoms with Crippen molar-refractivity contribution in [2.45, 2.75) is 12.8 Å². The van der Waals surface area contributed by atoms with Crippen molar-refractivity contribution in [2.24, 2.45) is 11.7 Å². The molecule has 1 aliphatic rings. The summed E-state index contributed by atoms with van der Waals surface area (Å²) in [6.45, 7) is 2.35. The van der Waals surface area contributed by atoms with E-state index in [9.17, 15) is 4.79 Å². The van der Waals surface area contributed by atoms with Crippen LogP contribution in [0.25, 0.3) is 6.08 Å². The number of thiophene rings is 1. The van der Waals surface area contributed by atoms with Gasteiger partial charge < -0.3 is 10.6 Å². The normalized spacial score (nSPS) is 21.0. The number of rotatable bonds is 3. The Labute approximate surface area is 106 Å². The lowest BCUT2D eigenvalue weighted by atomic mass is 9.98. The van der Waals surface area contributed by atoms with Gasteiger partial charge in [-0.15, -0.1) is 11.3 Å². The van der Waals surface area contributed by atoms with Gasteiger partial charge in [-0.3, -0.25) is 4.79 Å². The fraction of sp³-hybridized carbons (Fsp3) is 0.462. The minimum atomic E-state index is 0.108. The molecule has 2 N–H and O–H groups in total. The van der Waals surface area contributed by atoms with Gasteiger partial charge in [-0.1, -0.05) is 6.07 Å². The molecule has 1 aliphatic heterocycles. The highest BCUT2D eigenvalue weighted by molar-refractivity contribution is 7.10. The van der Waals surface area contributed by atoms with Crippen LogP contribution in [0.15, 0.2) is 23.6 Å². The minimum absolute atomic E-state index is 0.108. The molecule has 1 amide bonds. The Balaban J connectivity index is 1.91. The van der Waals surface area contributed by atoms with Crippen LogP contribution in [0.4, 0.5) is 0 Å². The van der Waals surface area contributed by atoms with Crippen LogP contribution in [0.1, 0.15) is 17.7 Å². The van der Waals surface area contributed by atoms with E-state index in [-0.39, 0.29) is 5.91 Å². The first-order valence-electron chi connectivity index (χ1n) is 6.00. The molecule has 1 saturated heterocycles. The molecule has 3 nitrogen and oxygen atoms in total. The van der Waals surface area contributed by atoms with Gasteiger partial charge in [0.15, 0.2) is 0 Å². The number of amides is 1. The zero-order valence-corrected chi connectivity index (χ0v) is 10.7. The summed E-state index contributed by atoms with van der Waals surface area (Å²) in [4.78, 5) is 15.0. The van der Waals surface area contributed by atoms with Gasteiger partial charge in [-0.25, -0.2) is 0 Å². The second-order valence-electron chi connectivity index (χ2n) is 4.38. The van der Waals surface area contributed by atoms with Crippen molar-refractivity contribution >= 4 is 23.3 Å². The van der Waals surface area contributed by atoms with Gasteiger partial charge in [0.05, 0.1) is 0 Å². The summed E-state index contributed by atoms with van der Waals surface area (Å²) in [5.74, 6) is 0.583. The average molecular weight is 250 g/mol. The van der Waals surface area contributed by atoms with Crippen LogP contribution in [0.5, 0.6) is 0 Å². The quantitative estimate of drug-likeness (QED) is 0.834. The molecule has 0 aromatic carbocycles. The van der Waals surface area contributed by atoms with E-state index in [2.05, 4.69) is 0 Å². The molecular weight excluding hydrogens is 232 g/mol. The van der Waals surface area contributed by atoms with E-state index in [1.165, 1.54) is 0 Å². The predicted molar refractivity (Wildman–Crippen MR) is 71.7 cm³/mol. The van der Waals surface area contributed by atoms with Crippen molar-refractivity contribution in [2.75, 3.05) is 19.6 Å². The Bertz CT molecular complexity index is 386. The van der Waals surface area contributed by atoms with E-state index in [0.29, 0.717) is 12.5 Å². The van der Waals surface area contributed by atoms with Crippen molar-refractivity contribution in [3.63, 3.8) is 0 Å². The molecule has 2 rings (SSSR count). The van der Waals surface area contributed by atoms with Crippen molar-refractivity contribution in [3.8, 4) is 0 Å². The van der Waals surface area contributed by atoms with Gasteiger partial charge in [0.1, 0.15) is 0 Å². The number of nitrogens with two attached hydrogens (primary N) is 1. The summed E-state index contributed by atoms with van der Waals surface area (Å²) in [7, 11) is 0. The molecule has 1 aromatic rings. The summed E-state index contributed by atoms with van der Waals surface area (Å²) < 4.78 is 0. The number of piperidine rings is 1. The van der Waals surface area contributed by atoms with Crippen molar-refractivity contribution < 1.29 is 4.79 Å². The van der Waals surface area contributed by atoms with Gasteiger partial charge in [0, 0.05) is 24.0 Å². The molecule has 4 heteroatoms. The Morgan fingerprint density at radius 2 is 2.53 bits per heavy atom. The number of hydrogen-bond donors (Lipinski definition) is 1. The molecule has 0 bridgehead atoms. The molecule has 1 atom stereocenters. The lowest BCUT2D eigenvalue weighted by Gasteiger charge is -2.31. The van der Waals surface area contributed by atoms with E-state index in [1.807, 2.05) is 28.5 Å². The summed E-state index contributed by atoms with van der Waals surface area (Å²) in [6.07, 6.45) is 5.78. The fourth-order valence-corrected chi connectivity index (χ4v) is 2.72. The summed E-state index contributed by atoms with van der Waals surface area (Å²) in [5, 5.41) is 2.01. The van der Waals surface area contributed by atoms with Crippen LogP contribution in [0.2, 0.25) is 0 Å². The van der Waals surface area contributed by atoms with E-state index < -0.39 is 0 Å². The second-order valence-corrected chi connectivity index (χ2v) is 5.36. The highest BCUT2D eigenvalue weighted by atomic mass is 32.1. The maximum Gasteiger partial charge on any atom is 0.246 e. The van der Waals surface area contributed by atoms with Crippen LogP contribution in [-0.4, -0.2) is 30.4 Å². The number of carbonyl (C=O) groups is 1. The van der Waals surface area contributed by atoms with Gasteiger partial charge in [-0.05, 0) is 42.8 Å². The molecule has 0 radical (unpaired) electrons. The Kier molecular flexibility index (Phi) is 4.34. The van der Waals surface area contributed by atoms with Crippen LogP contribution in [-0.2, 0) is 4.79 Å². The fourth-order valence-electron chi connectivity index (χ4n) is 2.10. The SMILES string of the molecule is NC[C@H]1CCCN(C(=O)/C=C/c2cccs2)C1. The first-order chi connectivity index (χ1) is 8.29. The Hall–Kier alpha value is -1.13. The molecule has 0 unspecified atom stereocenters. The first kappa shape index (κ1) is 12.3. The lowest BCUT2D eigenvalue weighted by molar-refractivity contribution is -0.127. The Morgan fingerprint density at radius 1 is 1.65 bits per heavy atom. The molecule has 0 spiro atoms. The van der Waals surface area contributed by atoms with Gasteiger partial charge in [0.2, 0.25) is 5.91 Å². The first-order valence-corrected chi connectivity index (χ1v) is 6.88. The number of likely N-dealkylation sites (tertiary alicyclic amines) is 1. The van der Waals surface area contributed by atoms with E-state index >= 15 is 0 Å². The highest BCUT2D eigenvalue weighted by Crippen LogP contribution is 2.16. The lowest BCUT2D eigenvalue weighted by Crippen LogP contribution is -2.41. The molecule has 17 heavy (non-hydrogen) atoms. The summed E-state index contributed by atoms with van der Waals surface area (Å²) in [5.41, 5.74) is 5.66. The molecular formula is C13H18N2OS. The van der Waals surface area contributed by atoms with Gasteiger partial charge in [-0.2, -0.15) is 0 Å². The molecule has 1 fully saturated rings. The smallest absolute Gasteiger partial charge is 0.246 e. The number of hydrogen-bond acceptors (Lipinski definition) is 3. The van der Waals surface area contributed by atoms with Crippen molar-refractivity contribution in [1.29, 1.82) is 0 Å². The largest absolute Gasteiger partial charge is 0.339 e. The van der Waals surface area contributed by atoms with Crippen molar-refractivity contribution in [3.05, 3.63) is 28.5 Å². The standard InChI is InChI=1S/C13H18N2OS/c14-9-11-3-1-7-15(10-11)13(16)6-5-12-4-2-8-17-12/h2,4-6,8,11H,1,3,7,9-10,14H2/b6-5+/t11-/m1/s1. The average Bonchev–Trinajstić information content (AvgIpc) is 2.89. The molecule has 1 aromatic heterocycles. The molecule has 0 aliphatic carbocycles. The maximum absolute atomic E-state index is 12.0. The topological polar surface area (TPSA) is 46.3 Å². The van der Waals surface area contributed by atoms with E-state index in [1.54, 1.807) is 17.4 Å². The second kappa shape index (κ2) is 5.98. The maximum atomic E-state index is 12.0. The van der Waals surface area contributed by atoms with Gasteiger partial charge >= 0.3 is 0 Å². The Morgan fingerprint density at radius 3 is 3.24 bits per heavy atom.